The van der Waals surface area contributed by atoms with Crippen LogP contribution in [0, 0.1) is 12.8 Å². The predicted molar refractivity (Wildman–Crippen MR) is 138 cm³/mol. The standard InChI is InChI=1S/C26H29N5O4S/c1-16-5-4-10-30(36(16,33)34)22-9-8-20-13-21(29(26(20)28-22)14-18-6-7-18)25-17(2)31-23(27-25)11-19(15-32)12-24(31)35-3/h8-9,11-13,15-16,18H,4-7,10,14H2,1-3H3. The molecule has 2 fully saturated rings. The van der Waals surface area contributed by atoms with Gasteiger partial charge in [0.15, 0.2) is 5.88 Å². The number of imidazole rings is 1. The van der Waals surface area contributed by atoms with Crippen molar-refractivity contribution in [3.63, 3.8) is 0 Å². The normalized spacial score (nSPS) is 19.8. The molecule has 1 saturated carbocycles. The molecule has 9 nitrogen and oxygen atoms in total. The number of carbonyl (C=O) groups is 1. The second-order valence-corrected chi connectivity index (χ2v) is 12.2. The number of methoxy groups -OCH3 is 1. The van der Waals surface area contributed by atoms with E-state index in [4.69, 9.17) is 14.7 Å². The van der Waals surface area contributed by atoms with Gasteiger partial charge in [-0.25, -0.2) is 18.4 Å². The topological polar surface area (TPSA) is 98.8 Å². The highest BCUT2D eigenvalue weighted by atomic mass is 32.2. The molecule has 36 heavy (non-hydrogen) atoms. The van der Waals surface area contributed by atoms with Crippen LogP contribution in [0.2, 0.25) is 0 Å². The van der Waals surface area contributed by atoms with Crippen LogP contribution >= 0.6 is 0 Å². The maximum absolute atomic E-state index is 13.0. The third-order valence-corrected chi connectivity index (χ3v) is 9.67. The Hall–Kier alpha value is -3.40. The summed E-state index contributed by atoms with van der Waals surface area (Å²) in [5.41, 5.74) is 4.50. The number of hydrogen-bond donors (Lipinski definition) is 0. The number of hydrogen-bond acceptors (Lipinski definition) is 6. The fraction of sp³-hybridized carbons (Fsp3) is 0.423. The van der Waals surface area contributed by atoms with Crippen molar-refractivity contribution in [3.05, 3.63) is 41.6 Å². The Bertz CT molecular complexity index is 1620. The number of anilines is 1. The highest BCUT2D eigenvalue weighted by Gasteiger charge is 2.34. The molecule has 1 unspecified atom stereocenters. The van der Waals surface area contributed by atoms with Crippen LogP contribution in [0.15, 0.2) is 30.3 Å². The van der Waals surface area contributed by atoms with Crippen molar-refractivity contribution in [1.82, 2.24) is 18.9 Å². The summed E-state index contributed by atoms with van der Waals surface area (Å²) in [6, 6.07) is 9.28. The number of carbonyl (C=O) groups excluding carboxylic acids is 1. The molecular formula is C26H29N5O4S. The molecule has 4 aromatic heterocycles. The van der Waals surface area contributed by atoms with Crippen LogP contribution in [0.25, 0.3) is 28.1 Å². The molecule has 188 valence electrons. The van der Waals surface area contributed by atoms with E-state index in [0.29, 0.717) is 41.8 Å². The third-order valence-electron chi connectivity index (χ3n) is 7.44. The molecule has 0 N–H and O–H groups in total. The first-order chi connectivity index (χ1) is 17.3. The summed E-state index contributed by atoms with van der Waals surface area (Å²) >= 11 is 0. The highest BCUT2D eigenvalue weighted by Crippen LogP contribution is 2.38. The summed E-state index contributed by atoms with van der Waals surface area (Å²) in [7, 11) is -1.85. The van der Waals surface area contributed by atoms with Crippen molar-refractivity contribution < 1.29 is 17.9 Å². The summed E-state index contributed by atoms with van der Waals surface area (Å²) in [5, 5.41) is 0.526. The molecule has 0 radical (unpaired) electrons. The number of nitrogens with zero attached hydrogens (tertiary/aromatic N) is 5. The molecular weight excluding hydrogens is 478 g/mol. The number of fused-ring (bicyclic) bond motifs is 2. The lowest BCUT2D eigenvalue weighted by atomic mass is 10.2. The van der Waals surface area contributed by atoms with Gasteiger partial charge in [0.25, 0.3) is 0 Å². The van der Waals surface area contributed by atoms with Gasteiger partial charge in [0.2, 0.25) is 10.0 Å². The largest absolute Gasteiger partial charge is 0.482 e. The Balaban J connectivity index is 1.54. The molecule has 5 heterocycles. The maximum atomic E-state index is 13.0. The lowest BCUT2D eigenvalue weighted by Crippen LogP contribution is -2.43. The Morgan fingerprint density at radius 2 is 1.94 bits per heavy atom. The van der Waals surface area contributed by atoms with E-state index < -0.39 is 15.3 Å². The Morgan fingerprint density at radius 1 is 1.14 bits per heavy atom. The van der Waals surface area contributed by atoms with Crippen molar-refractivity contribution in [3.8, 4) is 17.3 Å². The summed E-state index contributed by atoms with van der Waals surface area (Å²) in [6.07, 6.45) is 4.61. The quantitative estimate of drug-likeness (QED) is 0.363. The minimum Gasteiger partial charge on any atom is -0.482 e. The van der Waals surface area contributed by atoms with E-state index in [1.54, 1.807) is 32.2 Å². The lowest BCUT2D eigenvalue weighted by Gasteiger charge is -2.31. The van der Waals surface area contributed by atoms with Gasteiger partial charge < -0.3 is 9.30 Å². The zero-order chi connectivity index (χ0) is 25.2. The van der Waals surface area contributed by atoms with Gasteiger partial charge in [0, 0.05) is 30.1 Å². The molecule has 1 saturated heterocycles. The summed E-state index contributed by atoms with van der Waals surface area (Å²) in [5.74, 6) is 1.58. The predicted octanol–water partition coefficient (Wildman–Crippen LogP) is 4.21. The van der Waals surface area contributed by atoms with Crippen molar-refractivity contribution in [2.75, 3.05) is 18.0 Å². The number of aldehydes is 1. The molecule has 1 aliphatic heterocycles. The van der Waals surface area contributed by atoms with Crippen LogP contribution in [0.5, 0.6) is 5.88 Å². The van der Waals surface area contributed by atoms with Gasteiger partial charge in [-0.2, -0.15) is 0 Å². The Morgan fingerprint density at radius 3 is 2.67 bits per heavy atom. The summed E-state index contributed by atoms with van der Waals surface area (Å²) in [6.45, 7) is 5.00. The van der Waals surface area contributed by atoms with Gasteiger partial charge in [-0.05, 0) is 69.7 Å². The Kier molecular flexibility index (Phi) is 5.33. The van der Waals surface area contributed by atoms with Crippen molar-refractivity contribution in [1.29, 1.82) is 0 Å². The summed E-state index contributed by atoms with van der Waals surface area (Å²) in [4.78, 5) is 21.3. The smallest absolute Gasteiger partial charge is 0.238 e. The number of aromatic nitrogens is 4. The number of aryl methyl sites for hydroxylation is 1. The highest BCUT2D eigenvalue weighted by molar-refractivity contribution is 7.93. The monoisotopic (exact) mass is 507 g/mol. The third kappa shape index (κ3) is 3.57. The van der Waals surface area contributed by atoms with Crippen molar-refractivity contribution >= 4 is 38.8 Å². The Labute approximate surface area is 209 Å². The fourth-order valence-corrected chi connectivity index (χ4v) is 6.86. The molecule has 4 aromatic rings. The first kappa shape index (κ1) is 23.0. The lowest BCUT2D eigenvalue weighted by molar-refractivity contribution is 0.112. The van der Waals surface area contributed by atoms with E-state index in [9.17, 15) is 13.2 Å². The van der Waals surface area contributed by atoms with E-state index in [1.165, 1.54) is 4.31 Å². The first-order valence-corrected chi connectivity index (χ1v) is 13.9. The minimum atomic E-state index is -3.43. The zero-order valence-electron chi connectivity index (χ0n) is 20.6. The van der Waals surface area contributed by atoms with Crippen LogP contribution in [0.4, 0.5) is 5.82 Å². The number of sulfonamides is 1. The van der Waals surface area contributed by atoms with Gasteiger partial charge >= 0.3 is 0 Å². The second-order valence-electron chi connectivity index (χ2n) is 9.92. The molecule has 10 heteroatoms. The van der Waals surface area contributed by atoms with Gasteiger partial charge in [-0.1, -0.05) is 0 Å². The van der Waals surface area contributed by atoms with E-state index in [-0.39, 0.29) is 0 Å². The first-order valence-electron chi connectivity index (χ1n) is 12.4. The van der Waals surface area contributed by atoms with Gasteiger partial charge in [-0.15, -0.1) is 0 Å². The molecule has 2 aliphatic rings. The molecule has 0 amide bonds. The zero-order valence-corrected chi connectivity index (χ0v) is 21.5. The number of ether oxygens (including phenoxy) is 1. The van der Waals surface area contributed by atoms with Crippen LogP contribution in [-0.2, 0) is 16.6 Å². The van der Waals surface area contributed by atoms with Crippen LogP contribution in [-0.4, -0.2) is 52.5 Å². The summed E-state index contributed by atoms with van der Waals surface area (Å²) < 4.78 is 37.2. The fourth-order valence-electron chi connectivity index (χ4n) is 5.21. The van der Waals surface area contributed by atoms with E-state index in [0.717, 1.165) is 60.2 Å². The molecule has 1 aliphatic carbocycles. The average Bonchev–Trinajstić information content (AvgIpc) is 3.54. The molecule has 0 aromatic carbocycles. The molecule has 6 rings (SSSR count). The second kappa shape index (κ2) is 8.33. The molecule has 1 atom stereocenters. The van der Waals surface area contributed by atoms with Crippen LogP contribution < -0.4 is 9.04 Å². The van der Waals surface area contributed by atoms with Crippen LogP contribution in [0.3, 0.4) is 0 Å². The van der Waals surface area contributed by atoms with Gasteiger partial charge in [-0.3, -0.25) is 13.5 Å². The van der Waals surface area contributed by atoms with Gasteiger partial charge in [0.05, 0.1) is 23.7 Å². The van der Waals surface area contributed by atoms with Crippen molar-refractivity contribution in [2.45, 2.75) is 51.3 Å². The molecule has 0 bridgehead atoms. The number of pyridine rings is 2. The minimum absolute atomic E-state index is 0.413. The van der Waals surface area contributed by atoms with Crippen molar-refractivity contribution in [2.24, 2.45) is 5.92 Å². The SMILES string of the molecule is COc1cc(C=O)cc2nc(-c3cc4ccc(N5CCCC(C)S5(=O)=O)nc4n3CC3CC3)c(C)n12. The van der Waals surface area contributed by atoms with E-state index in [1.807, 2.05) is 17.4 Å². The van der Waals surface area contributed by atoms with Crippen LogP contribution in [0.1, 0.15) is 48.7 Å². The van der Waals surface area contributed by atoms with Gasteiger partial charge in [0.1, 0.15) is 29.1 Å². The maximum Gasteiger partial charge on any atom is 0.238 e. The molecule has 0 spiro atoms. The average molecular weight is 508 g/mol. The van der Waals surface area contributed by atoms with E-state index >= 15 is 0 Å². The number of rotatable bonds is 6. The van der Waals surface area contributed by atoms with E-state index in [2.05, 4.69) is 10.6 Å².